The Labute approximate surface area is 221 Å². The Hall–Kier alpha value is -2.69. The molecule has 6 atom stereocenters. The minimum absolute atomic E-state index is 0.00466. The van der Waals surface area contributed by atoms with Crippen LogP contribution >= 0.6 is 11.3 Å². The number of primary amides is 1. The van der Waals surface area contributed by atoms with Gasteiger partial charge in [0.25, 0.3) is 0 Å². The molecular formula is C26H38N6O4S. The highest BCUT2D eigenvalue weighted by Crippen LogP contribution is 2.65. The van der Waals surface area contributed by atoms with Gasteiger partial charge in [0.1, 0.15) is 18.1 Å². The molecule has 0 bridgehead atoms. The van der Waals surface area contributed by atoms with Gasteiger partial charge in [0.2, 0.25) is 23.6 Å². The standard InChI is InChI=1S/C26H38N6O4S/c1-24(2,3)18(30-23-28-8-9-37-23)22(36)32-12-14-16(25(14,4)5)17(32)21(35)29-15(19(27)33)10-13-11-26(6-7-26)31-20(13)34/h8-9,13-18H,6-7,10-12H2,1-5H3,(H2,27,33)(H,28,30)(H,29,35)(H,31,34)/t13-,14?,15+,16?,17?,18-/m1/s1. The number of nitrogens with one attached hydrogen (secondary N) is 3. The SMILES string of the molecule is CC1(C)C2CN(C(=O)[C@@H](Nc3nccs3)C(C)(C)C)C(C(=O)N[C@@H](C[C@@H]3CC4(CC4)NC3=O)C(N)=O)C21. The summed E-state index contributed by atoms with van der Waals surface area (Å²) in [6.07, 6.45) is 4.41. The van der Waals surface area contributed by atoms with Crippen LogP contribution in [0.2, 0.25) is 0 Å². The Kier molecular flexibility index (Phi) is 6.08. The second kappa shape index (κ2) is 8.68. The highest BCUT2D eigenvalue weighted by Gasteiger charge is 2.70. The van der Waals surface area contributed by atoms with Gasteiger partial charge < -0.3 is 26.6 Å². The van der Waals surface area contributed by atoms with Gasteiger partial charge >= 0.3 is 0 Å². The maximum absolute atomic E-state index is 13.9. The maximum atomic E-state index is 13.9. The van der Waals surface area contributed by atoms with Gasteiger partial charge in [0.15, 0.2) is 5.13 Å². The number of anilines is 1. The number of aromatic nitrogens is 1. The first-order valence-electron chi connectivity index (χ1n) is 13.1. The second-order valence-corrected chi connectivity index (χ2v) is 13.9. The number of thiazole rings is 1. The lowest BCUT2D eigenvalue weighted by molar-refractivity contribution is -0.143. The summed E-state index contributed by atoms with van der Waals surface area (Å²) in [5.74, 6) is -1.45. The summed E-state index contributed by atoms with van der Waals surface area (Å²) in [6, 6.07) is -2.26. The number of carbonyl (C=O) groups is 4. The molecule has 5 rings (SSSR count). The number of rotatable bonds is 8. The number of hydrogen-bond acceptors (Lipinski definition) is 7. The molecule has 4 amide bonds. The molecule has 3 heterocycles. The zero-order chi connectivity index (χ0) is 26.9. The average Bonchev–Trinajstić information content (AvgIpc) is 3.34. The Morgan fingerprint density at radius 1 is 1.30 bits per heavy atom. The van der Waals surface area contributed by atoms with Crippen molar-refractivity contribution in [3.63, 3.8) is 0 Å². The lowest BCUT2D eigenvalue weighted by Crippen LogP contribution is -2.58. The fraction of sp³-hybridized carbons (Fsp3) is 0.731. The van der Waals surface area contributed by atoms with Crippen LogP contribution in [0, 0.1) is 28.6 Å². The van der Waals surface area contributed by atoms with Crippen molar-refractivity contribution in [1.82, 2.24) is 20.5 Å². The van der Waals surface area contributed by atoms with E-state index in [9.17, 15) is 19.2 Å². The van der Waals surface area contributed by atoms with Gasteiger partial charge in [-0.2, -0.15) is 0 Å². The number of carbonyl (C=O) groups excluding carboxylic acids is 4. The van der Waals surface area contributed by atoms with Crippen LogP contribution in [0.15, 0.2) is 11.6 Å². The molecule has 202 valence electrons. The van der Waals surface area contributed by atoms with Gasteiger partial charge in [-0.3, -0.25) is 19.2 Å². The highest BCUT2D eigenvalue weighted by atomic mass is 32.1. The van der Waals surface area contributed by atoms with Crippen LogP contribution in [0.4, 0.5) is 5.13 Å². The molecule has 2 saturated heterocycles. The van der Waals surface area contributed by atoms with Crippen molar-refractivity contribution in [3.8, 4) is 0 Å². The van der Waals surface area contributed by atoms with Gasteiger partial charge in [-0.25, -0.2) is 4.98 Å². The lowest BCUT2D eigenvalue weighted by Gasteiger charge is -2.38. The smallest absolute Gasteiger partial charge is 0.246 e. The van der Waals surface area contributed by atoms with E-state index in [1.54, 1.807) is 11.1 Å². The van der Waals surface area contributed by atoms with E-state index in [1.807, 2.05) is 26.2 Å². The number of hydrogen-bond donors (Lipinski definition) is 4. The number of fused-ring (bicyclic) bond motifs is 1. The van der Waals surface area contributed by atoms with E-state index in [0.29, 0.717) is 18.1 Å². The zero-order valence-corrected chi connectivity index (χ0v) is 23.0. The van der Waals surface area contributed by atoms with Crippen LogP contribution in [0.5, 0.6) is 0 Å². The average molecular weight is 531 g/mol. The Morgan fingerprint density at radius 2 is 2.00 bits per heavy atom. The Bertz CT molecular complexity index is 1110. The fourth-order valence-electron chi connectivity index (χ4n) is 6.48. The van der Waals surface area contributed by atoms with E-state index in [4.69, 9.17) is 5.73 Å². The second-order valence-electron chi connectivity index (χ2n) is 13.0. The third-order valence-electron chi connectivity index (χ3n) is 9.00. The van der Waals surface area contributed by atoms with Crippen molar-refractivity contribution in [2.75, 3.05) is 11.9 Å². The van der Waals surface area contributed by atoms with Gasteiger partial charge in [0, 0.05) is 29.6 Å². The predicted molar refractivity (Wildman–Crippen MR) is 139 cm³/mol. The molecule has 3 unspecified atom stereocenters. The molecular weight excluding hydrogens is 492 g/mol. The van der Waals surface area contributed by atoms with Crippen LogP contribution in [0.25, 0.3) is 0 Å². The first-order chi connectivity index (χ1) is 17.2. The summed E-state index contributed by atoms with van der Waals surface area (Å²) in [7, 11) is 0. The highest BCUT2D eigenvalue weighted by molar-refractivity contribution is 7.13. The Balaban J connectivity index is 1.34. The van der Waals surface area contributed by atoms with E-state index in [1.165, 1.54) is 11.3 Å². The third kappa shape index (κ3) is 4.70. The molecule has 0 aromatic carbocycles. The maximum Gasteiger partial charge on any atom is 0.246 e. The van der Waals surface area contributed by atoms with Gasteiger partial charge in [-0.1, -0.05) is 34.6 Å². The van der Waals surface area contributed by atoms with Crippen LogP contribution < -0.4 is 21.7 Å². The molecule has 4 aliphatic rings. The third-order valence-corrected chi connectivity index (χ3v) is 9.71. The van der Waals surface area contributed by atoms with Crippen molar-refractivity contribution in [3.05, 3.63) is 11.6 Å². The first kappa shape index (κ1) is 25.9. The number of nitrogens with two attached hydrogens (primary N) is 1. The van der Waals surface area contributed by atoms with Crippen molar-refractivity contribution >= 4 is 40.1 Å². The molecule has 2 aliphatic heterocycles. The van der Waals surface area contributed by atoms with Crippen molar-refractivity contribution in [2.45, 2.75) is 84.0 Å². The van der Waals surface area contributed by atoms with E-state index in [-0.39, 0.29) is 52.8 Å². The molecule has 10 nitrogen and oxygen atoms in total. The van der Waals surface area contributed by atoms with Gasteiger partial charge in [0.05, 0.1) is 0 Å². The summed E-state index contributed by atoms with van der Waals surface area (Å²) < 4.78 is 0. The van der Waals surface area contributed by atoms with Gasteiger partial charge in [-0.15, -0.1) is 11.3 Å². The van der Waals surface area contributed by atoms with Crippen LogP contribution in [0.1, 0.15) is 60.3 Å². The van der Waals surface area contributed by atoms with Crippen molar-refractivity contribution in [1.29, 1.82) is 0 Å². The molecule has 0 radical (unpaired) electrons. The quantitative estimate of drug-likeness (QED) is 0.400. The minimum atomic E-state index is -0.970. The largest absolute Gasteiger partial charge is 0.368 e. The molecule has 37 heavy (non-hydrogen) atoms. The van der Waals surface area contributed by atoms with E-state index >= 15 is 0 Å². The molecule has 1 aromatic heterocycles. The summed E-state index contributed by atoms with van der Waals surface area (Å²) in [5.41, 5.74) is 5.05. The van der Waals surface area contributed by atoms with E-state index in [0.717, 1.165) is 12.8 Å². The molecule has 1 spiro atoms. The van der Waals surface area contributed by atoms with E-state index in [2.05, 4.69) is 34.8 Å². The number of nitrogens with zero attached hydrogens (tertiary/aromatic N) is 2. The molecule has 2 saturated carbocycles. The first-order valence-corrected chi connectivity index (χ1v) is 14.0. The molecule has 11 heteroatoms. The van der Waals surface area contributed by atoms with E-state index < -0.39 is 29.4 Å². The monoisotopic (exact) mass is 530 g/mol. The topological polar surface area (TPSA) is 147 Å². The van der Waals surface area contributed by atoms with Crippen LogP contribution in [-0.2, 0) is 19.2 Å². The molecule has 4 fully saturated rings. The zero-order valence-electron chi connectivity index (χ0n) is 22.2. The summed E-state index contributed by atoms with van der Waals surface area (Å²) >= 11 is 1.42. The fourth-order valence-corrected chi connectivity index (χ4v) is 7.04. The van der Waals surface area contributed by atoms with Crippen LogP contribution in [-0.4, -0.2) is 63.7 Å². The predicted octanol–water partition coefficient (Wildman–Crippen LogP) is 1.48. The minimum Gasteiger partial charge on any atom is -0.368 e. The summed E-state index contributed by atoms with van der Waals surface area (Å²) in [6.45, 7) is 10.7. The van der Waals surface area contributed by atoms with Crippen molar-refractivity contribution < 1.29 is 19.2 Å². The van der Waals surface area contributed by atoms with Crippen molar-refractivity contribution in [2.24, 2.45) is 34.3 Å². The lowest BCUT2D eigenvalue weighted by atomic mass is 9.85. The summed E-state index contributed by atoms with van der Waals surface area (Å²) in [4.78, 5) is 58.5. The number of likely N-dealkylation sites (tertiary alicyclic amines) is 1. The van der Waals surface area contributed by atoms with Gasteiger partial charge in [-0.05, 0) is 48.3 Å². The number of amides is 4. The van der Waals surface area contributed by atoms with Crippen LogP contribution in [0.3, 0.4) is 0 Å². The number of piperidine rings is 1. The normalized spacial score (nSPS) is 30.3. The Morgan fingerprint density at radius 3 is 2.54 bits per heavy atom. The summed E-state index contributed by atoms with van der Waals surface area (Å²) in [5, 5.41) is 11.6. The molecule has 1 aromatic rings. The molecule has 5 N–H and O–H groups in total. The molecule has 2 aliphatic carbocycles.